The van der Waals surface area contributed by atoms with E-state index in [4.69, 9.17) is 14.2 Å². The second-order valence-corrected chi connectivity index (χ2v) is 4.08. The highest BCUT2D eigenvalue weighted by atomic mass is 16.6. The van der Waals surface area contributed by atoms with E-state index in [0.717, 1.165) is 0 Å². The van der Waals surface area contributed by atoms with Crippen LogP contribution in [-0.2, 0) is 0 Å². The molecule has 0 fully saturated rings. The number of carbonyl (C=O) groups excluding carboxylic acids is 1. The lowest BCUT2D eigenvalue weighted by molar-refractivity contribution is -0.123. The summed E-state index contributed by atoms with van der Waals surface area (Å²) in [6.07, 6.45) is -0.0946. The number of ether oxygens (including phenoxy) is 3. The zero-order valence-electron chi connectivity index (χ0n) is 9.94. The highest BCUT2D eigenvalue weighted by Gasteiger charge is 2.36. The third-order valence-electron chi connectivity index (χ3n) is 2.59. The Kier molecular flexibility index (Phi) is 2.71. The first-order valence-electron chi connectivity index (χ1n) is 5.17. The molecule has 0 saturated heterocycles. The number of benzene rings is 1. The van der Waals surface area contributed by atoms with Crippen LogP contribution >= 0.6 is 0 Å². The Bertz CT molecular complexity index is 464. The number of hydrogen-bond acceptors (Lipinski definition) is 5. The molecule has 5 nitrogen and oxygen atoms in total. The maximum atomic E-state index is 11.9. The number of fused-ring (bicyclic) bond motifs is 1. The van der Waals surface area contributed by atoms with Crippen LogP contribution in [0.2, 0.25) is 0 Å². The minimum absolute atomic E-state index is 0.0946. The van der Waals surface area contributed by atoms with Crippen LogP contribution in [0.4, 0.5) is 0 Å². The Morgan fingerprint density at radius 2 is 2.06 bits per heavy atom. The molecular formula is C12H14O5. The molecule has 1 aliphatic heterocycles. The highest BCUT2D eigenvalue weighted by molar-refractivity contribution is 6.03. The van der Waals surface area contributed by atoms with Gasteiger partial charge in [0.1, 0.15) is 22.8 Å². The molecule has 5 heteroatoms. The van der Waals surface area contributed by atoms with Crippen molar-refractivity contribution in [3.05, 3.63) is 17.7 Å². The fraction of sp³-hybridized carbons (Fsp3) is 0.417. The van der Waals surface area contributed by atoms with Gasteiger partial charge in [-0.1, -0.05) is 0 Å². The largest absolute Gasteiger partial charge is 0.496 e. The van der Waals surface area contributed by atoms with Crippen molar-refractivity contribution in [2.75, 3.05) is 14.2 Å². The average molecular weight is 238 g/mol. The summed E-state index contributed by atoms with van der Waals surface area (Å²) < 4.78 is 15.6. The molecule has 1 aromatic rings. The van der Waals surface area contributed by atoms with Crippen LogP contribution in [0.1, 0.15) is 23.7 Å². The zero-order valence-corrected chi connectivity index (χ0v) is 9.94. The first-order valence-corrected chi connectivity index (χ1v) is 5.17. The topological polar surface area (TPSA) is 65.0 Å². The van der Waals surface area contributed by atoms with E-state index in [1.165, 1.54) is 21.1 Å². The number of rotatable bonds is 2. The van der Waals surface area contributed by atoms with Crippen LogP contribution < -0.4 is 14.2 Å². The Morgan fingerprint density at radius 1 is 1.35 bits per heavy atom. The molecule has 1 aromatic carbocycles. The van der Waals surface area contributed by atoms with Crippen LogP contribution in [0, 0.1) is 0 Å². The monoisotopic (exact) mass is 238 g/mol. The van der Waals surface area contributed by atoms with E-state index in [2.05, 4.69) is 0 Å². The predicted octanol–water partition coefficient (Wildman–Crippen LogP) is 1.38. The summed E-state index contributed by atoms with van der Waals surface area (Å²) in [5.41, 5.74) is 0.347. The normalized spacial score (nSPS) is 22.7. The molecule has 0 amide bonds. The Labute approximate surface area is 98.9 Å². The van der Waals surface area contributed by atoms with Gasteiger partial charge in [0.15, 0.2) is 5.78 Å². The number of carbonyl (C=O) groups is 1. The number of Topliss-reactive ketones (excluding diaryl/α,β-unsaturated/α-hetero) is 1. The Morgan fingerprint density at radius 3 is 2.65 bits per heavy atom. The van der Waals surface area contributed by atoms with E-state index in [0.29, 0.717) is 17.1 Å². The standard InChI is InChI=1S/C12H14O5/c1-12(14)6-8(13)11-9(16-3)4-7(15-2)5-10(11)17-12/h4-5,14H,6H2,1-3H3. The Hall–Kier alpha value is -1.75. The van der Waals surface area contributed by atoms with Gasteiger partial charge in [-0.3, -0.25) is 4.79 Å². The second-order valence-electron chi connectivity index (χ2n) is 4.08. The maximum Gasteiger partial charge on any atom is 0.212 e. The van der Waals surface area contributed by atoms with Crippen LogP contribution in [0.5, 0.6) is 17.2 Å². The van der Waals surface area contributed by atoms with Crippen molar-refractivity contribution in [1.29, 1.82) is 0 Å². The fourth-order valence-electron chi connectivity index (χ4n) is 1.86. The molecule has 2 rings (SSSR count). The molecular weight excluding hydrogens is 224 g/mol. The molecule has 1 heterocycles. The average Bonchev–Trinajstić information content (AvgIpc) is 2.25. The summed E-state index contributed by atoms with van der Waals surface area (Å²) in [7, 11) is 2.97. The number of hydrogen-bond donors (Lipinski definition) is 1. The van der Waals surface area contributed by atoms with Crippen molar-refractivity contribution < 1.29 is 24.1 Å². The molecule has 0 aliphatic carbocycles. The van der Waals surface area contributed by atoms with Gasteiger partial charge in [-0.25, -0.2) is 0 Å². The number of aliphatic hydroxyl groups is 1. The van der Waals surface area contributed by atoms with Gasteiger partial charge in [-0.15, -0.1) is 0 Å². The first-order chi connectivity index (χ1) is 7.96. The van der Waals surface area contributed by atoms with E-state index < -0.39 is 5.79 Å². The molecule has 1 atom stereocenters. The summed E-state index contributed by atoms with van der Waals surface area (Å²) in [4.78, 5) is 11.9. The summed E-state index contributed by atoms with van der Waals surface area (Å²) >= 11 is 0. The number of ketones is 1. The van der Waals surface area contributed by atoms with Crippen LogP contribution in [0.3, 0.4) is 0 Å². The van der Waals surface area contributed by atoms with Crippen LogP contribution in [0.15, 0.2) is 12.1 Å². The third-order valence-corrected chi connectivity index (χ3v) is 2.59. The lowest BCUT2D eigenvalue weighted by atomic mass is 9.98. The van der Waals surface area contributed by atoms with Crippen molar-refractivity contribution in [3.63, 3.8) is 0 Å². The van der Waals surface area contributed by atoms with E-state index in [1.807, 2.05) is 0 Å². The fourth-order valence-corrected chi connectivity index (χ4v) is 1.86. The first kappa shape index (κ1) is 11.7. The summed E-state index contributed by atoms with van der Waals surface area (Å²) in [6, 6.07) is 3.17. The molecule has 0 aromatic heterocycles. The van der Waals surface area contributed by atoms with E-state index in [9.17, 15) is 9.90 Å². The molecule has 0 radical (unpaired) electrons. The van der Waals surface area contributed by atoms with Crippen molar-refractivity contribution in [2.45, 2.75) is 19.1 Å². The van der Waals surface area contributed by atoms with Gasteiger partial charge in [0, 0.05) is 19.1 Å². The predicted molar refractivity (Wildman–Crippen MR) is 59.7 cm³/mol. The molecule has 17 heavy (non-hydrogen) atoms. The van der Waals surface area contributed by atoms with Crippen molar-refractivity contribution in [2.24, 2.45) is 0 Å². The zero-order chi connectivity index (χ0) is 12.6. The van der Waals surface area contributed by atoms with Gasteiger partial charge in [-0.05, 0) is 0 Å². The molecule has 0 bridgehead atoms. The van der Waals surface area contributed by atoms with Crippen molar-refractivity contribution in [1.82, 2.24) is 0 Å². The third kappa shape index (κ3) is 2.06. The molecule has 1 unspecified atom stereocenters. The molecule has 92 valence electrons. The minimum atomic E-state index is -1.48. The molecule has 1 aliphatic rings. The van der Waals surface area contributed by atoms with Gasteiger partial charge in [0.2, 0.25) is 5.79 Å². The van der Waals surface area contributed by atoms with Crippen molar-refractivity contribution in [3.8, 4) is 17.2 Å². The van der Waals surface area contributed by atoms with Gasteiger partial charge < -0.3 is 19.3 Å². The van der Waals surface area contributed by atoms with Gasteiger partial charge >= 0.3 is 0 Å². The summed E-state index contributed by atoms with van der Waals surface area (Å²) in [6.45, 7) is 1.44. The summed E-state index contributed by atoms with van der Waals surface area (Å²) in [5, 5.41) is 9.79. The van der Waals surface area contributed by atoms with Crippen molar-refractivity contribution >= 4 is 5.78 Å². The van der Waals surface area contributed by atoms with Gasteiger partial charge in [0.05, 0.1) is 20.6 Å². The van der Waals surface area contributed by atoms with Crippen LogP contribution in [-0.4, -0.2) is 30.9 Å². The lowest BCUT2D eigenvalue weighted by Gasteiger charge is -2.30. The van der Waals surface area contributed by atoms with E-state index in [-0.39, 0.29) is 18.0 Å². The van der Waals surface area contributed by atoms with Gasteiger partial charge in [0.25, 0.3) is 0 Å². The molecule has 1 N–H and O–H groups in total. The smallest absolute Gasteiger partial charge is 0.212 e. The number of methoxy groups -OCH3 is 2. The Balaban J connectivity index is 2.58. The van der Waals surface area contributed by atoms with E-state index in [1.54, 1.807) is 12.1 Å². The lowest BCUT2D eigenvalue weighted by Crippen LogP contribution is -2.38. The van der Waals surface area contributed by atoms with Gasteiger partial charge in [-0.2, -0.15) is 0 Å². The van der Waals surface area contributed by atoms with E-state index >= 15 is 0 Å². The highest BCUT2D eigenvalue weighted by Crippen LogP contribution is 2.40. The van der Waals surface area contributed by atoms with Crippen LogP contribution in [0.25, 0.3) is 0 Å². The summed E-state index contributed by atoms with van der Waals surface area (Å²) in [5.74, 6) is -0.522. The second kappa shape index (κ2) is 3.92. The molecule has 0 spiro atoms. The quantitative estimate of drug-likeness (QED) is 0.843. The SMILES string of the molecule is COc1cc(OC)c2c(c1)OC(C)(O)CC2=O. The molecule has 0 saturated carbocycles. The maximum absolute atomic E-state index is 11.9. The minimum Gasteiger partial charge on any atom is -0.496 e.